The molecule has 3 aromatic heterocycles. The maximum absolute atomic E-state index is 14.2. The molecule has 3 saturated carbocycles. The maximum Gasteiger partial charge on any atom is 0.523 e. The average molecular weight is 701 g/mol. The lowest BCUT2D eigenvalue weighted by molar-refractivity contribution is -0.418. The Labute approximate surface area is 282 Å². The third kappa shape index (κ3) is 5.46. The number of nitrogens with zero attached hydrogens (tertiary/aromatic N) is 5. The summed E-state index contributed by atoms with van der Waals surface area (Å²) in [4.78, 5) is 53.4. The zero-order valence-corrected chi connectivity index (χ0v) is 27.2. The number of anilines is 1. The van der Waals surface area contributed by atoms with Crippen LogP contribution < -0.4 is 20.4 Å². The van der Waals surface area contributed by atoms with E-state index in [0.29, 0.717) is 61.8 Å². The molecule has 3 aromatic rings. The number of fused-ring (bicyclic) bond motifs is 2. The summed E-state index contributed by atoms with van der Waals surface area (Å²) in [5, 5.41) is 13.6. The molecule has 0 radical (unpaired) electrons. The smallest absolute Gasteiger partial charge is 0.505 e. The Bertz CT molecular complexity index is 1980. The summed E-state index contributed by atoms with van der Waals surface area (Å²) in [7, 11) is 0. The van der Waals surface area contributed by atoms with Crippen molar-refractivity contribution < 1.29 is 46.5 Å². The van der Waals surface area contributed by atoms with Crippen molar-refractivity contribution in [1.29, 1.82) is 0 Å². The van der Waals surface area contributed by atoms with Crippen LogP contribution in [0.1, 0.15) is 60.2 Å². The van der Waals surface area contributed by atoms with Crippen molar-refractivity contribution >= 4 is 34.3 Å². The molecule has 6 heterocycles. The van der Waals surface area contributed by atoms with Gasteiger partial charge in [0, 0.05) is 80.7 Å². The molecule has 2 bridgehead atoms. The first kappa shape index (κ1) is 32.6. The molecule has 6 aliphatic rings. The van der Waals surface area contributed by atoms with Crippen LogP contribution in [-0.2, 0) is 33.7 Å². The van der Waals surface area contributed by atoms with E-state index in [-0.39, 0.29) is 80.6 Å². The summed E-state index contributed by atoms with van der Waals surface area (Å²) in [6.07, 6.45) is 0.0680. The number of aromatic hydroxyl groups is 1. The molecule has 9 rings (SSSR count). The predicted molar refractivity (Wildman–Crippen MR) is 169 cm³/mol. The minimum atomic E-state index is -4.75. The second-order valence-electron chi connectivity index (χ2n) is 13.6. The van der Waals surface area contributed by atoms with Crippen LogP contribution in [0.2, 0.25) is 0 Å². The van der Waals surface area contributed by atoms with Gasteiger partial charge in [-0.15, -0.1) is 13.2 Å². The van der Waals surface area contributed by atoms with Gasteiger partial charge in [-0.25, -0.2) is 4.98 Å². The number of hydrogen-bond acceptors (Lipinski definition) is 11. The Morgan fingerprint density at radius 1 is 1.12 bits per heavy atom. The summed E-state index contributed by atoms with van der Waals surface area (Å²) < 4.78 is 61.5. The second-order valence-corrected chi connectivity index (χ2v) is 13.6. The molecule has 3 aliphatic heterocycles. The monoisotopic (exact) mass is 700 g/mol. The van der Waals surface area contributed by atoms with Crippen molar-refractivity contribution in [2.24, 2.45) is 0 Å². The molecule has 0 aromatic carbocycles. The molecule has 2 N–H and O–H groups in total. The predicted octanol–water partition coefficient (Wildman–Crippen LogP) is 2.68. The minimum absolute atomic E-state index is 0.0246. The standard InChI is InChI=1S/C33H35F3N6O8/c1-2-20-24(40-6-8-41(9-7-40)30(46)23-25(44)19-5-12-48-21(19)13-37-23)26(45)27-28(38-29(49-27)18-3-10-47-11-4-18)42(20)14-22(43)39-31-15-32(16-31,17-31)50-33(34,35)36/h3,13,44H,2,4-12,14-17H2,1H3,(H,39,43). The number of hydrogen-bond donors (Lipinski definition) is 2. The highest BCUT2D eigenvalue weighted by atomic mass is 19.4. The number of ether oxygens (including phenoxy) is 3. The highest BCUT2D eigenvalue weighted by Crippen LogP contribution is 2.64. The molecule has 14 nitrogen and oxygen atoms in total. The van der Waals surface area contributed by atoms with Gasteiger partial charge in [-0.3, -0.25) is 19.1 Å². The van der Waals surface area contributed by atoms with Gasteiger partial charge >= 0.3 is 6.36 Å². The Balaban J connectivity index is 1.07. The van der Waals surface area contributed by atoms with Crippen molar-refractivity contribution in [2.45, 2.75) is 69.5 Å². The summed E-state index contributed by atoms with van der Waals surface area (Å²) in [6.45, 7) is 3.83. The molecule has 0 unspecified atom stereocenters. The van der Waals surface area contributed by atoms with Gasteiger partial charge in [0.25, 0.3) is 5.91 Å². The summed E-state index contributed by atoms with van der Waals surface area (Å²) in [5.74, 6) is -0.341. The molecule has 3 aliphatic carbocycles. The lowest BCUT2D eigenvalue weighted by atomic mass is 9.46. The van der Waals surface area contributed by atoms with Gasteiger partial charge in [-0.2, -0.15) is 4.98 Å². The largest absolute Gasteiger partial charge is 0.523 e. The van der Waals surface area contributed by atoms with E-state index in [2.05, 4.69) is 20.0 Å². The van der Waals surface area contributed by atoms with Crippen LogP contribution in [0, 0.1) is 0 Å². The molecule has 0 atom stereocenters. The van der Waals surface area contributed by atoms with Crippen molar-refractivity contribution in [3.05, 3.63) is 45.3 Å². The maximum atomic E-state index is 14.2. The van der Waals surface area contributed by atoms with E-state index in [1.54, 1.807) is 9.47 Å². The van der Waals surface area contributed by atoms with Crippen LogP contribution in [-0.4, -0.2) is 99.9 Å². The van der Waals surface area contributed by atoms with Crippen molar-refractivity contribution in [2.75, 3.05) is 50.9 Å². The number of amides is 2. The van der Waals surface area contributed by atoms with E-state index in [4.69, 9.17) is 13.9 Å². The van der Waals surface area contributed by atoms with Gasteiger partial charge < -0.3 is 38.7 Å². The molecule has 17 heteroatoms. The third-order valence-corrected chi connectivity index (χ3v) is 10.3. The van der Waals surface area contributed by atoms with E-state index in [1.807, 2.05) is 17.9 Å². The van der Waals surface area contributed by atoms with Gasteiger partial charge in [-0.1, -0.05) is 13.0 Å². The highest BCUT2D eigenvalue weighted by molar-refractivity contribution is 5.96. The number of carbonyl (C=O) groups is 2. The van der Waals surface area contributed by atoms with E-state index in [9.17, 15) is 32.7 Å². The number of oxazole rings is 1. The number of pyridine rings is 2. The zero-order valence-electron chi connectivity index (χ0n) is 27.2. The molecule has 4 fully saturated rings. The van der Waals surface area contributed by atoms with Crippen LogP contribution in [0.4, 0.5) is 18.9 Å². The zero-order chi connectivity index (χ0) is 35.0. The van der Waals surface area contributed by atoms with Gasteiger partial charge in [0.15, 0.2) is 17.1 Å². The highest BCUT2D eigenvalue weighted by Gasteiger charge is 2.72. The first-order chi connectivity index (χ1) is 23.9. The van der Waals surface area contributed by atoms with Gasteiger partial charge in [0.1, 0.15) is 18.0 Å². The van der Waals surface area contributed by atoms with Crippen molar-refractivity contribution in [1.82, 2.24) is 24.8 Å². The van der Waals surface area contributed by atoms with E-state index in [0.717, 1.165) is 5.57 Å². The average Bonchev–Trinajstić information content (AvgIpc) is 3.73. The number of nitrogens with one attached hydrogen (secondary N) is 1. The number of piperazine rings is 1. The van der Waals surface area contributed by atoms with E-state index < -0.39 is 34.7 Å². The number of carbonyl (C=O) groups excluding carboxylic acids is 2. The fourth-order valence-electron chi connectivity index (χ4n) is 8.10. The Morgan fingerprint density at radius 3 is 2.56 bits per heavy atom. The minimum Gasteiger partial charge on any atom is -0.505 e. The Morgan fingerprint density at radius 2 is 1.88 bits per heavy atom. The quantitative estimate of drug-likeness (QED) is 0.356. The molecule has 266 valence electrons. The normalized spacial score (nSPS) is 24.3. The Hall–Kier alpha value is -4.64. The third-order valence-electron chi connectivity index (χ3n) is 10.3. The molecule has 2 amide bonds. The molecular weight excluding hydrogens is 665 g/mol. The number of aromatic nitrogens is 3. The number of rotatable bonds is 8. The second kappa shape index (κ2) is 11.7. The summed E-state index contributed by atoms with van der Waals surface area (Å²) >= 11 is 0. The van der Waals surface area contributed by atoms with E-state index >= 15 is 0 Å². The SMILES string of the molecule is CCc1c(N2CCN(C(=O)c3ncc4c(c3O)CCO4)CC2)c(=O)c2oc(C3=CCOCC3)nc2n1CC(=O)NC12CC(OC(F)(F)F)(C1)C2. The van der Waals surface area contributed by atoms with Crippen molar-refractivity contribution in [3.63, 3.8) is 0 Å². The fourth-order valence-corrected chi connectivity index (χ4v) is 8.10. The van der Waals surface area contributed by atoms with Crippen LogP contribution in [0.5, 0.6) is 11.5 Å². The molecule has 0 spiro atoms. The van der Waals surface area contributed by atoms with E-state index in [1.165, 1.54) is 6.20 Å². The first-order valence-electron chi connectivity index (χ1n) is 16.7. The Kier molecular flexibility index (Phi) is 7.63. The van der Waals surface area contributed by atoms with Gasteiger partial charge in [0.05, 0.1) is 31.6 Å². The fraction of sp³-hybridized carbons (Fsp3) is 0.545. The van der Waals surface area contributed by atoms with Gasteiger partial charge in [-0.05, 0) is 6.42 Å². The number of halogens is 3. The van der Waals surface area contributed by atoms with Crippen molar-refractivity contribution in [3.8, 4) is 11.5 Å². The summed E-state index contributed by atoms with van der Waals surface area (Å²) in [6, 6.07) is 0. The molecule has 50 heavy (non-hydrogen) atoms. The first-order valence-corrected chi connectivity index (χ1v) is 16.7. The van der Waals surface area contributed by atoms with Crippen LogP contribution >= 0.6 is 0 Å². The van der Waals surface area contributed by atoms with Crippen LogP contribution in [0.15, 0.2) is 21.5 Å². The van der Waals surface area contributed by atoms with Crippen LogP contribution in [0.25, 0.3) is 16.8 Å². The van der Waals surface area contributed by atoms with Crippen LogP contribution in [0.3, 0.4) is 0 Å². The lowest BCUT2D eigenvalue weighted by Gasteiger charge is -2.69. The summed E-state index contributed by atoms with van der Waals surface area (Å²) in [5.41, 5.74) is -0.160. The molecule has 1 saturated heterocycles. The van der Waals surface area contributed by atoms with Gasteiger partial charge in [0.2, 0.25) is 22.8 Å². The lowest BCUT2D eigenvalue weighted by Crippen LogP contribution is -2.80. The topological polar surface area (TPSA) is 161 Å². The molecular formula is C33H35F3N6O8. The number of alkyl halides is 3.